The minimum Gasteiger partial charge on any atom is -0.382 e. The quantitative estimate of drug-likeness (QED) is 0.533. The Bertz CT molecular complexity index is 363. The van der Waals surface area contributed by atoms with Crippen molar-refractivity contribution >= 4 is 23.3 Å². The molecule has 0 radical (unpaired) electrons. The smallest absolute Gasteiger partial charge is 0.224 e. The summed E-state index contributed by atoms with van der Waals surface area (Å²) in [6, 6.07) is 0.335. The maximum absolute atomic E-state index is 5.75. The number of nitrogens with one attached hydrogen (secondary N) is 1. The Kier molecular flexibility index (Phi) is 1.83. The van der Waals surface area contributed by atoms with Crippen molar-refractivity contribution in [3.8, 4) is 0 Å². The maximum atomic E-state index is 5.75. The van der Waals surface area contributed by atoms with Gasteiger partial charge in [0.05, 0.1) is 0 Å². The second kappa shape index (κ2) is 2.90. The number of rotatable bonds is 0. The van der Waals surface area contributed by atoms with Crippen molar-refractivity contribution in [2.45, 2.75) is 13.0 Å². The van der Waals surface area contributed by atoms with Gasteiger partial charge in [0, 0.05) is 19.6 Å². The van der Waals surface area contributed by atoms with E-state index in [1.54, 1.807) is 0 Å². The number of likely N-dealkylation sites (N-methyl/N-ethyl adjacent to an activating group) is 1. The SMILES string of the molecule is CC1CN(C)c2nc(N)nc(N)c2N1. The molecule has 1 aliphatic rings. The summed E-state index contributed by atoms with van der Waals surface area (Å²) >= 11 is 0. The zero-order valence-electron chi connectivity index (χ0n) is 8.28. The summed E-state index contributed by atoms with van der Waals surface area (Å²) in [5, 5.41) is 3.24. The fourth-order valence-corrected chi connectivity index (χ4v) is 1.69. The molecule has 0 amide bonds. The van der Waals surface area contributed by atoms with E-state index in [1.165, 1.54) is 0 Å². The van der Waals surface area contributed by atoms with Gasteiger partial charge in [0.15, 0.2) is 11.6 Å². The van der Waals surface area contributed by atoms with Gasteiger partial charge in [-0.3, -0.25) is 0 Å². The number of hydrogen-bond acceptors (Lipinski definition) is 6. The summed E-state index contributed by atoms with van der Waals surface area (Å²) in [5.74, 6) is 1.39. The molecule has 0 aliphatic carbocycles. The van der Waals surface area contributed by atoms with Crippen molar-refractivity contribution in [3.63, 3.8) is 0 Å². The number of hydrogen-bond donors (Lipinski definition) is 3. The van der Waals surface area contributed by atoms with E-state index in [-0.39, 0.29) is 5.95 Å². The number of aromatic nitrogens is 2. The third-order valence-electron chi connectivity index (χ3n) is 2.24. The molecule has 1 aliphatic heterocycles. The number of nitrogen functional groups attached to an aromatic ring is 2. The minimum absolute atomic E-state index is 0.212. The van der Waals surface area contributed by atoms with Gasteiger partial charge in [-0.05, 0) is 6.92 Å². The van der Waals surface area contributed by atoms with E-state index in [4.69, 9.17) is 11.5 Å². The molecule has 6 heteroatoms. The molecule has 2 heterocycles. The number of nitrogens with zero attached hydrogens (tertiary/aromatic N) is 3. The van der Waals surface area contributed by atoms with E-state index in [0.717, 1.165) is 18.1 Å². The van der Waals surface area contributed by atoms with E-state index in [0.29, 0.717) is 11.9 Å². The van der Waals surface area contributed by atoms with Crippen molar-refractivity contribution in [2.24, 2.45) is 0 Å². The molecule has 1 atom stereocenters. The summed E-state index contributed by atoms with van der Waals surface area (Å²) in [6.07, 6.45) is 0. The Morgan fingerprint density at radius 1 is 1.43 bits per heavy atom. The predicted molar refractivity (Wildman–Crippen MR) is 57.2 cm³/mol. The van der Waals surface area contributed by atoms with Crippen LogP contribution < -0.4 is 21.7 Å². The van der Waals surface area contributed by atoms with Gasteiger partial charge < -0.3 is 21.7 Å². The summed E-state index contributed by atoms with van der Waals surface area (Å²) in [4.78, 5) is 10.1. The molecule has 5 N–H and O–H groups in total. The van der Waals surface area contributed by atoms with Crippen LogP contribution in [0.4, 0.5) is 23.3 Å². The molecule has 0 saturated carbocycles. The van der Waals surface area contributed by atoms with Crippen LogP contribution in [-0.4, -0.2) is 29.6 Å². The highest BCUT2D eigenvalue weighted by Gasteiger charge is 2.22. The standard InChI is InChI=1S/C8H14N6/c1-4-3-14(2)7-5(11-4)6(9)12-8(10)13-7/h4,11H,3H2,1-2H3,(H4,9,10,12,13). The maximum Gasteiger partial charge on any atom is 0.224 e. The van der Waals surface area contributed by atoms with E-state index in [1.807, 2.05) is 11.9 Å². The number of nitrogens with two attached hydrogens (primary N) is 2. The van der Waals surface area contributed by atoms with Crippen molar-refractivity contribution in [1.29, 1.82) is 0 Å². The zero-order valence-corrected chi connectivity index (χ0v) is 8.28. The normalized spacial score (nSPS) is 20.1. The molecule has 1 aromatic rings. The monoisotopic (exact) mass is 194 g/mol. The van der Waals surface area contributed by atoms with Gasteiger partial charge in [-0.25, -0.2) is 0 Å². The molecular formula is C8H14N6. The highest BCUT2D eigenvalue weighted by Crippen LogP contribution is 2.32. The predicted octanol–water partition coefficient (Wildman–Crippen LogP) is -0.109. The van der Waals surface area contributed by atoms with Gasteiger partial charge in [-0.15, -0.1) is 0 Å². The van der Waals surface area contributed by atoms with Gasteiger partial charge in [0.1, 0.15) is 5.69 Å². The van der Waals surface area contributed by atoms with E-state index in [2.05, 4.69) is 22.2 Å². The summed E-state index contributed by atoms with van der Waals surface area (Å²) in [6.45, 7) is 2.96. The van der Waals surface area contributed by atoms with Gasteiger partial charge in [-0.2, -0.15) is 9.97 Å². The lowest BCUT2D eigenvalue weighted by atomic mass is 10.2. The Labute approximate surface area is 82.3 Å². The molecular weight excluding hydrogens is 180 g/mol. The van der Waals surface area contributed by atoms with Crippen LogP contribution in [0.1, 0.15) is 6.92 Å². The first-order chi connectivity index (χ1) is 6.58. The Morgan fingerprint density at radius 2 is 2.14 bits per heavy atom. The number of fused-ring (bicyclic) bond motifs is 1. The lowest BCUT2D eigenvalue weighted by Gasteiger charge is -2.32. The first kappa shape index (κ1) is 8.86. The summed E-state index contributed by atoms with van der Waals surface area (Å²) in [5.41, 5.74) is 12.0. The van der Waals surface area contributed by atoms with Crippen molar-refractivity contribution in [3.05, 3.63) is 0 Å². The van der Waals surface area contributed by atoms with Crippen LogP contribution in [0, 0.1) is 0 Å². The van der Waals surface area contributed by atoms with Crippen molar-refractivity contribution in [1.82, 2.24) is 9.97 Å². The summed E-state index contributed by atoms with van der Waals surface area (Å²) in [7, 11) is 1.96. The average molecular weight is 194 g/mol. The van der Waals surface area contributed by atoms with Crippen LogP contribution in [0.3, 0.4) is 0 Å². The lowest BCUT2D eigenvalue weighted by Crippen LogP contribution is -2.38. The van der Waals surface area contributed by atoms with Crippen LogP contribution in [0.15, 0.2) is 0 Å². The van der Waals surface area contributed by atoms with Crippen molar-refractivity contribution < 1.29 is 0 Å². The third-order valence-corrected chi connectivity index (χ3v) is 2.24. The summed E-state index contributed by atoms with van der Waals surface area (Å²) < 4.78 is 0. The van der Waals surface area contributed by atoms with Crippen LogP contribution in [-0.2, 0) is 0 Å². The molecule has 76 valence electrons. The van der Waals surface area contributed by atoms with E-state index in [9.17, 15) is 0 Å². The fraction of sp³-hybridized carbons (Fsp3) is 0.500. The molecule has 14 heavy (non-hydrogen) atoms. The van der Waals surface area contributed by atoms with Crippen molar-refractivity contribution in [2.75, 3.05) is 35.3 Å². The topological polar surface area (TPSA) is 93.1 Å². The average Bonchev–Trinajstić information content (AvgIpc) is 2.07. The molecule has 1 unspecified atom stereocenters. The van der Waals surface area contributed by atoms with Gasteiger partial charge in [0.2, 0.25) is 5.95 Å². The Balaban J connectivity index is 2.53. The van der Waals surface area contributed by atoms with Crippen LogP contribution in [0.2, 0.25) is 0 Å². The fourth-order valence-electron chi connectivity index (χ4n) is 1.69. The second-order valence-corrected chi connectivity index (χ2v) is 3.59. The van der Waals surface area contributed by atoms with Gasteiger partial charge in [-0.1, -0.05) is 0 Å². The molecule has 6 nitrogen and oxygen atoms in total. The minimum atomic E-state index is 0.212. The Morgan fingerprint density at radius 3 is 2.86 bits per heavy atom. The van der Waals surface area contributed by atoms with Crippen LogP contribution >= 0.6 is 0 Å². The van der Waals surface area contributed by atoms with Crippen LogP contribution in [0.25, 0.3) is 0 Å². The van der Waals surface area contributed by atoms with E-state index < -0.39 is 0 Å². The molecule has 0 aromatic carbocycles. The van der Waals surface area contributed by atoms with Crippen LogP contribution in [0.5, 0.6) is 0 Å². The molecule has 2 rings (SSSR count). The second-order valence-electron chi connectivity index (χ2n) is 3.59. The Hall–Kier alpha value is -1.72. The molecule has 0 spiro atoms. The first-order valence-electron chi connectivity index (χ1n) is 4.48. The first-order valence-corrected chi connectivity index (χ1v) is 4.48. The third kappa shape index (κ3) is 1.28. The molecule has 0 saturated heterocycles. The molecule has 0 bridgehead atoms. The largest absolute Gasteiger partial charge is 0.382 e. The lowest BCUT2D eigenvalue weighted by molar-refractivity contribution is 0.727. The highest BCUT2D eigenvalue weighted by molar-refractivity contribution is 5.79. The van der Waals surface area contributed by atoms with Gasteiger partial charge in [0.25, 0.3) is 0 Å². The molecule has 1 aromatic heterocycles. The van der Waals surface area contributed by atoms with Gasteiger partial charge >= 0.3 is 0 Å². The number of anilines is 4. The molecule has 0 fully saturated rings. The highest BCUT2D eigenvalue weighted by atomic mass is 15.3. The zero-order chi connectivity index (χ0) is 10.3. The van der Waals surface area contributed by atoms with E-state index >= 15 is 0 Å².